The Morgan fingerprint density at radius 1 is 1.25 bits per heavy atom. The van der Waals surface area contributed by atoms with Crippen LogP contribution in [0.1, 0.15) is 49.6 Å². The highest BCUT2D eigenvalue weighted by molar-refractivity contribution is 5.74. The summed E-state index contributed by atoms with van der Waals surface area (Å²) < 4.78 is 0. The highest BCUT2D eigenvalue weighted by Crippen LogP contribution is 2.39. The maximum atomic E-state index is 12.3. The quantitative estimate of drug-likeness (QED) is 0.851. The fraction of sp³-hybridized carbons (Fsp3) is 0.421. The number of carbonyl (C=O) groups excluding carboxylic acids is 1. The van der Waals surface area contributed by atoms with E-state index in [1.165, 1.54) is 11.1 Å². The minimum Gasteiger partial charge on any atom is -0.332 e. The molecule has 5 nitrogen and oxygen atoms in total. The van der Waals surface area contributed by atoms with Crippen molar-refractivity contribution >= 4 is 6.03 Å². The lowest BCUT2D eigenvalue weighted by Crippen LogP contribution is -2.39. The van der Waals surface area contributed by atoms with Crippen LogP contribution >= 0.6 is 0 Å². The second kappa shape index (κ2) is 6.99. The second-order valence-corrected chi connectivity index (χ2v) is 7.16. The number of fused-ring (bicyclic) bond motifs is 1. The van der Waals surface area contributed by atoms with Crippen molar-refractivity contribution in [2.45, 2.75) is 45.7 Å². The summed E-state index contributed by atoms with van der Waals surface area (Å²) in [5, 5.41) is 13.8. The van der Waals surface area contributed by atoms with Crippen molar-refractivity contribution in [1.29, 1.82) is 0 Å². The number of carbonyl (C=O) groups is 1. The van der Waals surface area contributed by atoms with Gasteiger partial charge in [0.1, 0.15) is 0 Å². The minimum absolute atomic E-state index is 0.0283. The van der Waals surface area contributed by atoms with Crippen LogP contribution in [-0.4, -0.2) is 16.2 Å². The van der Waals surface area contributed by atoms with Crippen LogP contribution in [-0.2, 0) is 13.0 Å². The van der Waals surface area contributed by atoms with E-state index in [4.69, 9.17) is 0 Å². The van der Waals surface area contributed by atoms with Gasteiger partial charge in [-0.15, -0.1) is 0 Å². The second-order valence-electron chi connectivity index (χ2n) is 7.16. The first-order chi connectivity index (χ1) is 11.5. The van der Waals surface area contributed by atoms with Crippen LogP contribution in [0.4, 0.5) is 4.79 Å². The zero-order valence-electron chi connectivity index (χ0n) is 14.2. The lowest BCUT2D eigenvalue weighted by molar-refractivity contribution is 0.226. The SMILES string of the molecule is CC1(C)CCc2ccccc2[C@@H](NC(=O)NCc2cccnn2)C1. The summed E-state index contributed by atoms with van der Waals surface area (Å²) in [5.41, 5.74) is 3.51. The van der Waals surface area contributed by atoms with Crippen molar-refractivity contribution in [2.75, 3.05) is 0 Å². The number of hydrogen-bond donors (Lipinski definition) is 2. The molecule has 1 aliphatic carbocycles. The summed E-state index contributed by atoms with van der Waals surface area (Å²) in [6, 6.07) is 11.9. The smallest absolute Gasteiger partial charge is 0.315 e. The van der Waals surface area contributed by atoms with E-state index in [1.54, 1.807) is 6.20 Å². The number of amides is 2. The highest BCUT2D eigenvalue weighted by Gasteiger charge is 2.30. The number of aromatic nitrogens is 2. The van der Waals surface area contributed by atoms with Crippen LogP contribution in [0.3, 0.4) is 0 Å². The number of nitrogens with zero attached hydrogens (tertiary/aromatic N) is 2. The van der Waals surface area contributed by atoms with Gasteiger partial charge in [0.25, 0.3) is 0 Å². The molecule has 0 saturated heterocycles. The monoisotopic (exact) mass is 324 g/mol. The largest absolute Gasteiger partial charge is 0.332 e. The van der Waals surface area contributed by atoms with Crippen molar-refractivity contribution < 1.29 is 4.79 Å². The molecule has 1 aromatic carbocycles. The molecule has 3 rings (SSSR count). The van der Waals surface area contributed by atoms with Crippen LogP contribution in [0.25, 0.3) is 0 Å². The molecule has 0 saturated carbocycles. The van der Waals surface area contributed by atoms with Crippen molar-refractivity contribution in [3.05, 3.63) is 59.4 Å². The minimum atomic E-state index is -0.168. The van der Waals surface area contributed by atoms with Gasteiger partial charge in [-0.05, 0) is 47.9 Å². The lowest BCUT2D eigenvalue weighted by Gasteiger charge is -2.27. The molecule has 1 atom stereocenters. The van der Waals surface area contributed by atoms with Crippen LogP contribution in [0, 0.1) is 5.41 Å². The Bertz CT molecular complexity index is 700. The van der Waals surface area contributed by atoms with Crippen LogP contribution < -0.4 is 10.6 Å². The maximum absolute atomic E-state index is 12.3. The van der Waals surface area contributed by atoms with Gasteiger partial charge >= 0.3 is 6.03 Å². The molecule has 24 heavy (non-hydrogen) atoms. The van der Waals surface area contributed by atoms with E-state index in [0.717, 1.165) is 25.0 Å². The Hall–Kier alpha value is -2.43. The lowest BCUT2D eigenvalue weighted by atomic mass is 9.83. The molecular formula is C19H24N4O. The predicted octanol–water partition coefficient (Wildman–Crippen LogP) is 3.38. The molecule has 2 aromatic rings. The van der Waals surface area contributed by atoms with Gasteiger partial charge in [-0.25, -0.2) is 4.79 Å². The maximum Gasteiger partial charge on any atom is 0.315 e. The van der Waals surface area contributed by atoms with Crippen molar-refractivity contribution in [3.63, 3.8) is 0 Å². The average molecular weight is 324 g/mol. The van der Waals surface area contributed by atoms with Gasteiger partial charge in [-0.1, -0.05) is 38.1 Å². The fourth-order valence-corrected chi connectivity index (χ4v) is 3.28. The third-order valence-corrected chi connectivity index (χ3v) is 4.62. The van der Waals surface area contributed by atoms with E-state index in [-0.39, 0.29) is 17.5 Å². The van der Waals surface area contributed by atoms with Crippen molar-refractivity contribution in [2.24, 2.45) is 5.41 Å². The summed E-state index contributed by atoms with van der Waals surface area (Å²) in [6.45, 7) is 4.91. The van der Waals surface area contributed by atoms with Crippen LogP contribution in [0.2, 0.25) is 0 Å². The number of nitrogens with one attached hydrogen (secondary N) is 2. The Kier molecular flexibility index (Phi) is 4.79. The topological polar surface area (TPSA) is 66.9 Å². The van der Waals surface area contributed by atoms with Gasteiger partial charge in [0.2, 0.25) is 0 Å². The van der Waals surface area contributed by atoms with Gasteiger partial charge in [-0.2, -0.15) is 10.2 Å². The molecule has 0 unspecified atom stereocenters. The molecule has 2 amide bonds. The summed E-state index contributed by atoms with van der Waals surface area (Å²) in [5.74, 6) is 0. The van der Waals surface area contributed by atoms with E-state index < -0.39 is 0 Å². The first-order valence-corrected chi connectivity index (χ1v) is 8.42. The van der Waals surface area contributed by atoms with Gasteiger partial charge in [0.15, 0.2) is 0 Å². The van der Waals surface area contributed by atoms with E-state index >= 15 is 0 Å². The van der Waals surface area contributed by atoms with Crippen LogP contribution in [0.5, 0.6) is 0 Å². The molecule has 1 aromatic heterocycles. The molecule has 1 aliphatic rings. The number of aryl methyl sites for hydroxylation is 1. The third kappa shape index (κ3) is 4.10. The van der Waals surface area contributed by atoms with E-state index in [1.807, 2.05) is 18.2 Å². The van der Waals surface area contributed by atoms with E-state index in [2.05, 4.69) is 52.9 Å². The van der Waals surface area contributed by atoms with Gasteiger partial charge in [-0.3, -0.25) is 0 Å². The fourth-order valence-electron chi connectivity index (χ4n) is 3.28. The summed E-state index contributed by atoms with van der Waals surface area (Å²) >= 11 is 0. The molecule has 0 radical (unpaired) electrons. The van der Waals surface area contributed by atoms with E-state index in [9.17, 15) is 4.79 Å². The average Bonchev–Trinajstić information content (AvgIpc) is 2.71. The molecule has 0 fully saturated rings. The number of urea groups is 1. The third-order valence-electron chi connectivity index (χ3n) is 4.62. The first-order valence-electron chi connectivity index (χ1n) is 8.42. The first kappa shape index (κ1) is 16.4. The predicted molar refractivity (Wildman–Crippen MR) is 93.3 cm³/mol. The number of hydrogen-bond acceptors (Lipinski definition) is 3. The molecule has 2 N–H and O–H groups in total. The molecule has 0 spiro atoms. The van der Waals surface area contributed by atoms with Gasteiger partial charge in [0.05, 0.1) is 18.3 Å². The molecule has 5 heteroatoms. The Morgan fingerprint density at radius 2 is 2.08 bits per heavy atom. The number of benzene rings is 1. The number of rotatable bonds is 3. The summed E-state index contributed by atoms with van der Waals surface area (Å²) in [6.07, 6.45) is 4.74. The van der Waals surface area contributed by atoms with Crippen LogP contribution in [0.15, 0.2) is 42.6 Å². The highest BCUT2D eigenvalue weighted by atomic mass is 16.2. The summed E-state index contributed by atoms with van der Waals surface area (Å²) in [4.78, 5) is 12.3. The van der Waals surface area contributed by atoms with E-state index in [0.29, 0.717) is 6.54 Å². The van der Waals surface area contributed by atoms with Crippen molar-refractivity contribution in [3.8, 4) is 0 Å². The Balaban J connectivity index is 1.69. The zero-order chi connectivity index (χ0) is 17.0. The molecule has 0 aliphatic heterocycles. The van der Waals surface area contributed by atoms with Gasteiger partial charge in [0, 0.05) is 6.20 Å². The normalized spacial score (nSPS) is 19.0. The Labute approximate surface area is 142 Å². The summed E-state index contributed by atoms with van der Waals surface area (Å²) in [7, 11) is 0. The van der Waals surface area contributed by atoms with Crippen molar-refractivity contribution in [1.82, 2.24) is 20.8 Å². The Morgan fingerprint density at radius 3 is 2.88 bits per heavy atom. The molecular weight excluding hydrogens is 300 g/mol. The molecule has 126 valence electrons. The molecule has 0 bridgehead atoms. The zero-order valence-corrected chi connectivity index (χ0v) is 14.2. The molecule has 1 heterocycles. The van der Waals surface area contributed by atoms with Gasteiger partial charge < -0.3 is 10.6 Å². The standard InChI is InChI=1S/C19H24N4O/c1-19(2)10-9-14-6-3-4-8-16(14)17(12-19)22-18(24)20-13-15-7-5-11-21-23-15/h3-8,11,17H,9-10,12-13H2,1-2H3,(H2,20,22,24)/t17-/m0/s1.